The quantitative estimate of drug-likeness (QED) is 0.221. The highest BCUT2D eigenvalue weighted by Gasteiger charge is 2.16. The van der Waals surface area contributed by atoms with E-state index in [4.69, 9.17) is 9.47 Å². The van der Waals surface area contributed by atoms with Gasteiger partial charge >= 0.3 is 0 Å². The lowest BCUT2D eigenvalue weighted by Crippen LogP contribution is -2.27. The van der Waals surface area contributed by atoms with Gasteiger partial charge in [-0.1, -0.05) is 40.0 Å². The van der Waals surface area contributed by atoms with Gasteiger partial charge in [-0.3, -0.25) is 4.79 Å². The summed E-state index contributed by atoms with van der Waals surface area (Å²) in [6, 6.07) is 0. The van der Waals surface area contributed by atoms with Crippen molar-refractivity contribution in [3.05, 3.63) is 0 Å². The maximum atomic E-state index is 11.7. The van der Waals surface area contributed by atoms with Gasteiger partial charge in [0.05, 0.1) is 11.7 Å². The molecule has 1 amide bonds. The molecule has 1 atom stereocenters. The molecule has 0 saturated carbocycles. The van der Waals surface area contributed by atoms with Crippen LogP contribution in [0.3, 0.4) is 0 Å². The normalized spacial score (nSPS) is 11.5. The predicted molar refractivity (Wildman–Crippen MR) is 133 cm³/mol. The number of hydrogen-bond donors (Lipinski definition) is 2. The van der Waals surface area contributed by atoms with Gasteiger partial charge < -0.3 is 24.9 Å². The maximum absolute atomic E-state index is 11.7. The third kappa shape index (κ3) is 31.3. The number of unbranched alkanes of at least 4 members (excludes halogenated alkanes) is 5. The summed E-state index contributed by atoms with van der Waals surface area (Å²) in [5, 5.41) is 6.00. The third-order valence-electron chi connectivity index (χ3n) is 4.79. The van der Waals surface area contributed by atoms with Gasteiger partial charge in [-0.15, -0.1) is 0 Å². The number of aldehydes is 1. The molecule has 0 aromatic carbocycles. The van der Waals surface area contributed by atoms with Gasteiger partial charge in [0.15, 0.2) is 0 Å². The fourth-order valence-electron chi connectivity index (χ4n) is 2.42. The zero-order chi connectivity index (χ0) is 24.4. The van der Waals surface area contributed by atoms with E-state index in [1.54, 1.807) is 7.11 Å². The maximum Gasteiger partial charge on any atom is 0.220 e. The monoisotopic (exact) mass is 446 g/mol. The van der Waals surface area contributed by atoms with Crippen LogP contribution in [0, 0.1) is 0 Å². The number of amides is 1. The molecule has 6 nitrogen and oxygen atoms in total. The first-order valence-corrected chi connectivity index (χ1v) is 12.3. The van der Waals surface area contributed by atoms with Crippen molar-refractivity contribution in [2.75, 3.05) is 33.9 Å². The van der Waals surface area contributed by atoms with E-state index in [2.05, 4.69) is 17.6 Å². The van der Waals surface area contributed by atoms with Crippen molar-refractivity contribution >= 4 is 12.2 Å². The summed E-state index contributed by atoms with van der Waals surface area (Å²) < 4.78 is 11.0. The highest BCUT2D eigenvalue weighted by Crippen LogP contribution is 2.13. The molecule has 1 unspecified atom stereocenters. The van der Waals surface area contributed by atoms with Crippen LogP contribution in [-0.4, -0.2) is 57.8 Å². The molecule has 0 aliphatic rings. The number of methoxy groups -OCH3 is 1. The zero-order valence-electron chi connectivity index (χ0n) is 22.0. The van der Waals surface area contributed by atoms with Crippen molar-refractivity contribution < 1.29 is 19.1 Å². The second-order valence-electron chi connectivity index (χ2n) is 8.11. The van der Waals surface area contributed by atoms with Crippen LogP contribution >= 0.6 is 0 Å². The zero-order valence-corrected chi connectivity index (χ0v) is 22.0. The van der Waals surface area contributed by atoms with Crippen LogP contribution in [-0.2, 0) is 19.1 Å². The molecule has 0 aliphatic heterocycles. The third-order valence-corrected chi connectivity index (χ3v) is 4.79. The van der Waals surface area contributed by atoms with E-state index in [0.29, 0.717) is 26.0 Å². The van der Waals surface area contributed by atoms with Crippen LogP contribution in [0.5, 0.6) is 0 Å². The summed E-state index contributed by atoms with van der Waals surface area (Å²) in [5.74, 6) is 0.0723. The van der Waals surface area contributed by atoms with Gasteiger partial charge in [0.25, 0.3) is 0 Å². The highest BCUT2D eigenvalue weighted by atomic mass is 16.5. The Morgan fingerprint density at radius 1 is 1.06 bits per heavy atom. The molecule has 31 heavy (non-hydrogen) atoms. The standard InChI is InChI=1S/C17H33NO4.C6H15N.C2H6/c1-15(22-14-11-17(2,3)21-4)9-10-16(20)18-12-7-5-6-8-13-19;1-3-4-5-6-7-2;1-2/h13,15H,5-12,14H2,1-4H3,(H,18,20);7H,3-6H2,1-2H3;1-2H3. The topological polar surface area (TPSA) is 76.7 Å². The molecular weight excluding hydrogens is 392 g/mol. The number of rotatable bonds is 18. The molecule has 0 aromatic heterocycles. The molecule has 2 N–H and O–H groups in total. The Morgan fingerprint density at radius 2 is 1.71 bits per heavy atom. The van der Waals surface area contributed by atoms with Crippen LogP contribution < -0.4 is 10.6 Å². The largest absolute Gasteiger partial charge is 0.379 e. The fourth-order valence-corrected chi connectivity index (χ4v) is 2.42. The van der Waals surface area contributed by atoms with E-state index in [1.807, 2.05) is 41.7 Å². The molecule has 0 spiro atoms. The number of carbonyl (C=O) groups is 2. The Bertz CT molecular complexity index is 373. The van der Waals surface area contributed by atoms with E-state index in [0.717, 1.165) is 38.4 Å². The number of carbonyl (C=O) groups excluding carboxylic acids is 2. The summed E-state index contributed by atoms with van der Waals surface area (Å²) >= 11 is 0. The Morgan fingerprint density at radius 3 is 2.26 bits per heavy atom. The molecule has 0 radical (unpaired) electrons. The van der Waals surface area contributed by atoms with Crippen molar-refractivity contribution in [3.8, 4) is 0 Å². The average Bonchev–Trinajstić information content (AvgIpc) is 2.77. The van der Waals surface area contributed by atoms with Gasteiger partial charge in [-0.25, -0.2) is 0 Å². The van der Waals surface area contributed by atoms with Gasteiger partial charge in [0.2, 0.25) is 5.91 Å². The van der Waals surface area contributed by atoms with Crippen LogP contribution in [0.15, 0.2) is 0 Å². The summed E-state index contributed by atoms with van der Waals surface area (Å²) in [5.41, 5.74) is -0.166. The van der Waals surface area contributed by atoms with Crippen LogP contribution in [0.25, 0.3) is 0 Å². The first-order valence-electron chi connectivity index (χ1n) is 12.3. The summed E-state index contributed by atoms with van der Waals surface area (Å²) in [6.07, 6.45) is 10.5. The van der Waals surface area contributed by atoms with Crippen LogP contribution in [0.4, 0.5) is 0 Å². The molecule has 0 saturated heterocycles. The second kappa shape index (κ2) is 27.1. The first kappa shape index (κ1) is 34.6. The molecule has 0 bridgehead atoms. The Hall–Kier alpha value is -0.980. The lowest BCUT2D eigenvalue weighted by Gasteiger charge is -2.23. The molecule has 0 aromatic rings. The van der Waals surface area contributed by atoms with Crippen molar-refractivity contribution in [2.24, 2.45) is 0 Å². The Kier molecular flexibility index (Phi) is 30.2. The van der Waals surface area contributed by atoms with E-state index in [-0.39, 0.29) is 17.6 Å². The number of nitrogens with one attached hydrogen (secondary N) is 2. The molecule has 0 aliphatic carbocycles. The van der Waals surface area contributed by atoms with E-state index >= 15 is 0 Å². The van der Waals surface area contributed by atoms with Gasteiger partial charge in [-0.05, 0) is 66.5 Å². The van der Waals surface area contributed by atoms with Crippen molar-refractivity contribution in [2.45, 2.75) is 117 Å². The lowest BCUT2D eigenvalue weighted by atomic mass is 10.1. The molecule has 6 heteroatoms. The Labute approximate surface area is 193 Å². The second-order valence-corrected chi connectivity index (χ2v) is 8.11. The summed E-state index contributed by atoms with van der Waals surface area (Å²) in [4.78, 5) is 21.8. The van der Waals surface area contributed by atoms with Crippen molar-refractivity contribution in [1.82, 2.24) is 10.6 Å². The Balaban J connectivity index is -0.000000733. The van der Waals surface area contributed by atoms with E-state index in [9.17, 15) is 9.59 Å². The van der Waals surface area contributed by atoms with Gasteiger partial charge in [0, 0.05) is 33.1 Å². The predicted octanol–water partition coefficient (Wildman–Crippen LogP) is 5.28. The minimum Gasteiger partial charge on any atom is -0.379 e. The van der Waals surface area contributed by atoms with Crippen molar-refractivity contribution in [3.63, 3.8) is 0 Å². The van der Waals surface area contributed by atoms with Gasteiger partial charge in [0.1, 0.15) is 6.29 Å². The van der Waals surface area contributed by atoms with E-state index in [1.165, 1.54) is 25.8 Å². The molecule has 0 rings (SSSR count). The lowest BCUT2D eigenvalue weighted by molar-refractivity contribution is -0.122. The van der Waals surface area contributed by atoms with Gasteiger partial charge in [-0.2, -0.15) is 0 Å². The summed E-state index contributed by atoms with van der Waals surface area (Å²) in [6.45, 7) is 14.8. The number of ether oxygens (including phenoxy) is 2. The van der Waals surface area contributed by atoms with E-state index < -0.39 is 0 Å². The van der Waals surface area contributed by atoms with Crippen molar-refractivity contribution in [1.29, 1.82) is 0 Å². The summed E-state index contributed by atoms with van der Waals surface area (Å²) in [7, 11) is 3.70. The number of hydrogen-bond acceptors (Lipinski definition) is 5. The molecule has 188 valence electrons. The molecule has 0 heterocycles. The SMILES string of the molecule is CC.CCCCCNC.COC(C)(C)CCOC(C)CCC(=O)NCCCCCC=O. The first-order chi connectivity index (χ1) is 14.8. The fraction of sp³-hybridized carbons (Fsp3) is 0.920. The minimum atomic E-state index is -0.166. The average molecular weight is 447 g/mol. The smallest absolute Gasteiger partial charge is 0.220 e. The van der Waals surface area contributed by atoms with Crippen LogP contribution in [0.1, 0.15) is 106 Å². The van der Waals surface area contributed by atoms with Crippen LogP contribution in [0.2, 0.25) is 0 Å². The highest BCUT2D eigenvalue weighted by molar-refractivity contribution is 5.75. The molecule has 0 fully saturated rings. The minimum absolute atomic E-state index is 0.0723. The molecular formula is C25H54N2O4.